The molecule has 0 aliphatic heterocycles. The number of aromatic amines is 1. The Morgan fingerprint density at radius 1 is 1.42 bits per heavy atom. The summed E-state index contributed by atoms with van der Waals surface area (Å²) in [6, 6.07) is 11.5. The van der Waals surface area contributed by atoms with E-state index >= 15 is 0 Å². The quantitative estimate of drug-likeness (QED) is 0.409. The van der Waals surface area contributed by atoms with E-state index in [4.69, 9.17) is 9.15 Å². The summed E-state index contributed by atoms with van der Waals surface area (Å²) < 4.78 is 10.9. The lowest BCUT2D eigenvalue weighted by Crippen LogP contribution is -1.91. The fourth-order valence-electron chi connectivity index (χ4n) is 2.49. The molecule has 2 N–H and O–H groups in total. The van der Waals surface area contributed by atoms with E-state index < -0.39 is 0 Å². The van der Waals surface area contributed by atoms with Crippen LogP contribution in [0.1, 0.15) is 11.3 Å². The zero-order valence-electron chi connectivity index (χ0n) is 13.7. The molecule has 128 valence electrons. The Hall–Kier alpha value is -3.57. The maximum absolute atomic E-state index is 9.23. The second-order valence-electron chi connectivity index (χ2n) is 5.31. The Balaban J connectivity index is 1.58. The molecule has 0 bridgehead atoms. The summed E-state index contributed by atoms with van der Waals surface area (Å²) in [6.45, 7) is 0. The van der Waals surface area contributed by atoms with Crippen molar-refractivity contribution in [3.63, 3.8) is 0 Å². The van der Waals surface area contributed by atoms with Gasteiger partial charge in [0.2, 0.25) is 11.6 Å². The Labute approximate surface area is 152 Å². The number of methoxy groups -OCH3 is 1. The SMILES string of the molecule is COc1ccc2[nH]cc(/C=N/Nc3oc(-c4cccs4)nc3C#N)c2c1. The number of ether oxygens (including phenoxy) is 1. The third-order valence-corrected chi connectivity index (χ3v) is 4.61. The van der Waals surface area contributed by atoms with Crippen molar-refractivity contribution >= 4 is 34.3 Å². The topological polar surface area (TPSA) is 99.2 Å². The van der Waals surface area contributed by atoms with Crippen LogP contribution in [-0.2, 0) is 0 Å². The van der Waals surface area contributed by atoms with Crippen LogP contribution in [0, 0.1) is 11.3 Å². The van der Waals surface area contributed by atoms with Gasteiger partial charge in [0.25, 0.3) is 5.88 Å². The van der Waals surface area contributed by atoms with E-state index in [0.717, 1.165) is 27.1 Å². The number of benzene rings is 1. The van der Waals surface area contributed by atoms with Crippen LogP contribution in [0.4, 0.5) is 5.88 Å². The van der Waals surface area contributed by atoms with Gasteiger partial charge in [0, 0.05) is 22.7 Å². The predicted octanol–water partition coefficient (Wildman–Crippen LogP) is 4.21. The minimum Gasteiger partial charge on any atom is -0.497 e. The van der Waals surface area contributed by atoms with Crippen LogP contribution in [0.5, 0.6) is 5.75 Å². The number of thiophene rings is 1. The predicted molar refractivity (Wildman–Crippen MR) is 101 cm³/mol. The molecule has 0 amide bonds. The van der Waals surface area contributed by atoms with Gasteiger partial charge in [-0.25, -0.2) is 5.43 Å². The minimum atomic E-state index is 0.158. The number of fused-ring (bicyclic) bond motifs is 1. The van der Waals surface area contributed by atoms with E-state index in [0.29, 0.717) is 5.89 Å². The smallest absolute Gasteiger partial charge is 0.252 e. The summed E-state index contributed by atoms with van der Waals surface area (Å²) in [4.78, 5) is 8.20. The molecule has 8 heteroatoms. The molecule has 0 fully saturated rings. The normalized spacial score (nSPS) is 11.1. The maximum Gasteiger partial charge on any atom is 0.252 e. The molecule has 26 heavy (non-hydrogen) atoms. The summed E-state index contributed by atoms with van der Waals surface area (Å²) in [7, 11) is 1.63. The van der Waals surface area contributed by atoms with E-state index in [1.165, 1.54) is 11.3 Å². The van der Waals surface area contributed by atoms with Crippen molar-refractivity contribution in [1.29, 1.82) is 5.26 Å². The second-order valence-corrected chi connectivity index (χ2v) is 6.26. The summed E-state index contributed by atoms with van der Waals surface area (Å²) in [6.07, 6.45) is 3.49. The van der Waals surface area contributed by atoms with Crippen LogP contribution in [0.15, 0.2) is 51.4 Å². The van der Waals surface area contributed by atoms with Crippen LogP contribution in [0.2, 0.25) is 0 Å². The Morgan fingerprint density at radius 2 is 2.35 bits per heavy atom. The number of nitriles is 1. The van der Waals surface area contributed by atoms with Gasteiger partial charge in [0.05, 0.1) is 18.2 Å². The molecular formula is C18H13N5O2S. The molecule has 4 rings (SSSR count). The number of H-pyrrole nitrogens is 1. The van der Waals surface area contributed by atoms with Crippen molar-refractivity contribution in [1.82, 2.24) is 9.97 Å². The highest BCUT2D eigenvalue weighted by Crippen LogP contribution is 2.28. The number of hydrazone groups is 1. The fraction of sp³-hybridized carbons (Fsp3) is 0.0556. The first-order chi connectivity index (χ1) is 12.8. The van der Waals surface area contributed by atoms with E-state index in [2.05, 4.69) is 20.5 Å². The standard InChI is InChI=1S/C18H13N5O2S/c1-24-12-4-5-14-13(7-12)11(9-20-14)10-21-23-17-15(8-19)22-18(25-17)16-3-2-6-26-16/h2-7,9-10,20,23H,1H3/b21-10+. The van der Waals surface area contributed by atoms with Crippen molar-refractivity contribution < 1.29 is 9.15 Å². The summed E-state index contributed by atoms with van der Waals surface area (Å²) in [5, 5.41) is 16.3. The average Bonchev–Trinajstić information content (AvgIpc) is 3.41. The first-order valence-corrected chi connectivity index (χ1v) is 8.55. The summed E-state index contributed by atoms with van der Waals surface area (Å²) >= 11 is 1.49. The molecule has 1 aromatic carbocycles. The van der Waals surface area contributed by atoms with Crippen LogP contribution in [0.3, 0.4) is 0 Å². The number of anilines is 1. The first kappa shape index (κ1) is 15.9. The molecule has 0 saturated carbocycles. The van der Waals surface area contributed by atoms with Gasteiger partial charge in [-0.05, 0) is 29.6 Å². The van der Waals surface area contributed by atoms with Crippen molar-refractivity contribution in [2.75, 3.05) is 12.5 Å². The van der Waals surface area contributed by atoms with Gasteiger partial charge in [-0.15, -0.1) is 11.3 Å². The van der Waals surface area contributed by atoms with Crippen LogP contribution < -0.4 is 10.2 Å². The number of aromatic nitrogens is 2. The lowest BCUT2D eigenvalue weighted by Gasteiger charge is -1.99. The van der Waals surface area contributed by atoms with Gasteiger partial charge in [-0.1, -0.05) is 6.07 Å². The van der Waals surface area contributed by atoms with Crippen molar-refractivity contribution in [2.24, 2.45) is 5.10 Å². The van der Waals surface area contributed by atoms with Gasteiger partial charge < -0.3 is 14.1 Å². The van der Waals surface area contributed by atoms with E-state index in [1.807, 2.05) is 48.0 Å². The van der Waals surface area contributed by atoms with Crippen molar-refractivity contribution in [3.8, 4) is 22.6 Å². The van der Waals surface area contributed by atoms with Gasteiger partial charge in [0.15, 0.2) is 0 Å². The monoisotopic (exact) mass is 363 g/mol. The highest BCUT2D eigenvalue weighted by Gasteiger charge is 2.14. The summed E-state index contributed by atoms with van der Waals surface area (Å²) in [5.41, 5.74) is 4.77. The number of nitrogens with one attached hydrogen (secondary N) is 2. The van der Waals surface area contributed by atoms with Gasteiger partial charge >= 0.3 is 0 Å². The molecule has 0 spiro atoms. The molecular weight excluding hydrogens is 350 g/mol. The van der Waals surface area contributed by atoms with E-state index in [-0.39, 0.29) is 11.6 Å². The molecule has 4 aromatic rings. The Morgan fingerprint density at radius 3 is 3.12 bits per heavy atom. The average molecular weight is 363 g/mol. The molecule has 0 unspecified atom stereocenters. The van der Waals surface area contributed by atoms with Crippen molar-refractivity contribution in [2.45, 2.75) is 0 Å². The number of oxazole rings is 1. The van der Waals surface area contributed by atoms with E-state index in [9.17, 15) is 5.26 Å². The van der Waals surface area contributed by atoms with Crippen LogP contribution >= 0.6 is 11.3 Å². The minimum absolute atomic E-state index is 0.158. The number of nitrogens with zero attached hydrogens (tertiary/aromatic N) is 3. The molecule has 0 radical (unpaired) electrons. The highest BCUT2D eigenvalue weighted by molar-refractivity contribution is 7.13. The molecule has 0 aliphatic rings. The largest absolute Gasteiger partial charge is 0.497 e. The zero-order chi connectivity index (χ0) is 17.9. The second kappa shape index (κ2) is 6.74. The number of hydrogen-bond donors (Lipinski definition) is 2. The van der Waals surface area contributed by atoms with Crippen LogP contribution in [0.25, 0.3) is 21.7 Å². The zero-order valence-corrected chi connectivity index (χ0v) is 14.5. The first-order valence-electron chi connectivity index (χ1n) is 7.67. The molecule has 3 aromatic heterocycles. The molecule has 3 heterocycles. The lowest BCUT2D eigenvalue weighted by atomic mass is 10.2. The fourth-order valence-corrected chi connectivity index (χ4v) is 3.14. The lowest BCUT2D eigenvalue weighted by molar-refractivity contribution is 0.415. The molecule has 0 atom stereocenters. The molecule has 0 saturated heterocycles. The van der Waals surface area contributed by atoms with Gasteiger partial charge in [0.1, 0.15) is 11.8 Å². The maximum atomic E-state index is 9.23. The highest BCUT2D eigenvalue weighted by atomic mass is 32.1. The van der Waals surface area contributed by atoms with Gasteiger partial charge in [-0.3, -0.25) is 0 Å². The third kappa shape index (κ3) is 2.92. The molecule has 0 aliphatic carbocycles. The number of hydrogen-bond acceptors (Lipinski definition) is 7. The third-order valence-electron chi connectivity index (χ3n) is 3.76. The van der Waals surface area contributed by atoms with E-state index in [1.54, 1.807) is 13.3 Å². The van der Waals surface area contributed by atoms with Crippen molar-refractivity contribution in [3.05, 3.63) is 53.2 Å². The summed E-state index contributed by atoms with van der Waals surface area (Å²) in [5.74, 6) is 1.37. The molecule has 7 nitrogen and oxygen atoms in total. The Kier molecular flexibility index (Phi) is 4.13. The Bertz CT molecular complexity index is 1120. The van der Waals surface area contributed by atoms with Crippen LogP contribution in [-0.4, -0.2) is 23.3 Å². The van der Waals surface area contributed by atoms with Gasteiger partial charge in [-0.2, -0.15) is 15.3 Å². The number of rotatable bonds is 5.